The fourth-order valence-corrected chi connectivity index (χ4v) is 4.47. The molecule has 2 aliphatic rings. The summed E-state index contributed by atoms with van der Waals surface area (Å²) in [5.41, 5.74) is 1.36. The first-order valence-corrected chi connectivity index (χ1v) is 9.64. The zero-order valence-corrected chi connectivity index (χ0v) is 15.9. The number of benzene rings is 1. The number of rotatable bonds is 4. The zero-order valence-electron chi connectivity index (χ0n) is 15.9. The number of aryl methyl sites for hydroxylation is 1. The second-order valence-electron chi connectivity index (χ2n) is 7.70. The van der Waals surface area contributed by atoms with E-state index in [0.29, 0.717) is 24.0 Å². The molecule has 2 bridgehead atoms. The van der Waals surface area contributed by atoms with Crippen LogP contribution in [0.2, 0.25) is 0 Å². The summed E-state index contributed by atoms with van der Waals surface area (Å²) in [5.74, 6) is 0.260. The van der Waals surface area contributed by atoms with E-state index in [9.17, 15) is 9.18 Å². The molecule has 1 aromatic carbocycles. The van der Waals surface area contributed by atoms with Gasteiger partial charge in [-0.1, -0.05) is 6.07 Å². The Morgan fingerprint density at radius 3 is 2.79 bits per heavy atom. The second-order valence-corrected chi connectivity index (χ2v) is 7.70. The van der Waals surface area contributed by atoms with E-state index in [0.717, 1.165) is 18.4 Å². The number of nitrogens with one attached hydrogen (secondary N) is 1. The number of oxazole rings is 1. The van der Waals surface area contributed by atoms with Crippen LogP contribution >= 0.6 is 0 Å². The number of carbonyl (C=O) groups is 1. The first-order chi connectivity index (χ1) is 14.1. The number of amides is 1. The van der Waals surface area contributed by atoms with Gasteiger partial charge in [-0.05, 0) is 43.4 Å². The Kier molecular flexibility index (Phi) is 4.26. The quantitative estimate of drug-likeness (QED) is 0.732. The average molecular weight is 393 g/mol. The topological polar surface area (TPSA) is 84.2 Å². The van der Waals surface area contributed by atoms with E-state index in [1.807, 2.05) is 6.92 Å². The lowest BCUT2D eigenvalue weighted by atomic mass is 10.0. The van der Waals surface area contributed by atoms with Crippen LogP contribution in [0.15, 0.2) is 47.5 Å². The molecule has 1 aliphatic heterocycles. The van der Waals surface area contributed by atoms with E-state index in [1.165, 1.54) is 18.5 Å². The van der Waals surface area contributed by atoms with Gasteiger partial charge >= 0.3 is 0 Å². The summed E-state index contributed by atoms with van der Waals surface area (Å²) in [5, 5.41) is 3.35. The molecular formula is C21H20FN5O2. The zero-order chi connectivity index (χ0) is 20.0. The van der Waals surface area contributed by atoms with Gasteiger partial charge in [0.15, 0.2) is 0 Å². The maximum absolute atomic E-state index is 14.7. The number of carbonyl (C=O) groups excluding carboxylic acids is 1. The number of halogens is 1. The van der Waals surface area contributed by atoms with Crippen LogP contribution in [-0.4, -0.2) is 44.4 Å². The molecule has 1 N–H and O–H groups in total. The minimum Gasteiger partial charge on any atom is -0.445 e. The van der Waals surface area contributed by atoms with Crippen molar-refractivity contribution < 1.29 is 13.6 Å². The van der Waals surface area contributed by atoms with Crippen LogP contribution in [0, 0.1) is 18.7 Å². The smallest absolute Gasteiger partial charge is 0.257 e. The molecule has 1 aliphatic carbocycles. The first-order valence-electron chi connectivity index (χ1n) is 9.64. The van der Waals surface area contributed by atoms with Crippen LogP contribution in [0.5, 0.6) is 0 Å². The van der Waals surface area contributed by atoms with Crippen molar-refractivity contribution in [1.29, 1.82) is 0 Å². The molecule has 1 saturated heterocycles. The van der Waals surface area contributed by atoms with E-state index >= 15 is 0 Å². The van der Waals surface area contributed by atoms with E-state index in [1.54, 1.807) is 29.4 Å². The highest BCUT2D eigenvalue weighted by molar-refractivity contribution is 6.00. The van der Waals surface area contributed by atoms with Gasteiger partial charge in [-0.25, -0.2) is 19.3 Å². The Bertz CT molecular complexity index is 1040. The van der Waals surface area contributed by atoms with E-state index in [-0.39, 0.29) is 29.4 Å². The fraction of sp³-hybridized carbons (Fsp3) is 0.333. The van der Waals surface area contributed by atoms with Gasteiger partial charge in [0.05, 0.1) is 23.4 Å². The van der Waals surface area contributed by atoms with Crippen molar-refractivity contribution in [2.75, 3.05) is 11.9 Å². The Morgan fingerprint density at radius 2 is 2.07 bits per heavy atom. The van der Waals surface area contributed by atoms with Gasteiger partial charge in [-0.3, -0.25) is 4.79 Å². The first kappa shape index (κ1) is 17.8. The lowest BCUT2D eigenvalue weighted by Gasteiger charge is -2.34. The molecule has 7 nitrogen and oxygen atoms in total. The Balaban J connectivity index is 1.42. The van der Waals surface area contributed by atoms with Crippen molar-refractivity contribution in [3.05, 3.63) is 60.0 Å². The van der Waals surface area contributed by atoms with Crippen molar-refractivity contribution in [2.45, 2.75) is 31.8 Å². The molecule has 3 atom stereocenters. The largest absolute Gasteiger partial charge is 0.445 e. The molecule has 1 amide bonds. The molecule has 8 heteroatoms. The average Bonchev–Trinajstić information content (AvgIpc) is 3.46. The van der Waals surface area contributed by atoms with Crippen LogP contribution in [0.3, 0.4) is 0 Å². The summed E-state index contributed by atoms with van der Waals surface area (Å²) in [6.07, 6.45) is 8.23. The van der Waals surface area contributed by atoms with Crippen LogP contribution < -0.4 is 5.32 Å². The van der Waals surface area contributed by atoms with Crippen molar-refractivity contribution >= 4 is 11.9 Å². The van der Waals surface area contributed by atoms with E-state index in [4.69, 9.17) is 4.42 Å². The van der Waals surface area contributed by atoms with E-state index < -0.39 is 5.82 Å². The predicted octanol–water partition coefficient (Wildman–Crippen LogP) is 3.29. The highest BCUT2D eigenvalue weighted by atomic mass is 19.1. The molecule has 3 unspecified atom stereocenters. The summed E-state index contributed by atoms with van der Waals surface area (Å²) in [6.45, 7) is 2.55. The van der Waals surface area contributed by atoms with Crippen LogP contribution in [0.1, 0.15) is 28.8 Å². The van der Waals surface area contributed by atoms with Gasteiger partial charge in [0.1, 0.15) is 12.1 Å². The molecule has 3 heterocycles. The third-order valence-corrected chi connectivity index (χ3v) is 5.73. The molecule has 2 fully saturated rings. The van der Waals surface area contributed by atoms with Gasteiger partial charge < -0.3 is 14.6 Å². The molecule has 2 aromatic heterocycles. The van der Waals surface area contributed by atoms with Crippen molar-refractivity contribution in [3.8, 4) is 11.5 Å². The molecule has 1 saturated carbocycles. The Labute approximate surface area is 167 Å². The number of piperidine rings is 1. The summed E-state index contributed by atoms with van der Waals surface area (Å²) in [7, 11) is 0. The monoisotopic (exact) mass is 393 g/mol. The third kappa shape index (κ3) is 3.14. The Hall–Kier alpha value is -3.29. The summed E-state index contributed by atoms with van der Waals surface area (Å²) in [4.78, 5) is 27.9. The molecule has 0 radical (unpaired) electrons. The predicted molar refractivity (Wildman–Crippen MR) is 104 cm³/mol. The molecule has 3 aromatic rings. The van der Waals surface area contributed by atoms with Crippen LogP contribution in [0.25, 0.3) is 11.5 Å². The summed E-state index contributed by atoms with van der Waals surface area (Å²) >= 11 is 0. The number of fused-ring (bicyclic) bond motifs is 2. The van der Waals surface area contributed by atoms with Gasteiger partial charge in [0.2, 0.25) is 11.8 Å². The maximum atomic E-state index is 14.7. The number of anilines is 1. The van der Waals surface area contributed by atoms with E-state index in [2.05, 4.69) is 20.3 Å². The highest BCUT2D eigenvalue weighted by Crippen LogP contribution is 2.40. The third-order valence-electron chi connectivity index (χ3n) is 5.73. The van der Waals surface area contributed by atoms with Crippen molar-refractivity contribution in [3.63, 3.8) is 0 Å². The standard InChI is InChI=1S/C21H20FN5O2/c1-12-9-24-21(25-10-12)26-16-7-13-8-17(16)27(11-13)20(28)18-14(3-2-4-15(18)22)19-23-5-6-29-19/h2-6,9-10,13,16-17H,7-8,11H2,1H3,(H,24,25,26). The maximum Gasteiger partial charge on any atom is 0.257 e. The number of hydrogen-bond donors (Lipinski definition) is 1. The highest BCUT2D eigenvalue weighted by Gasteiger charge is 2.48. The van der Waals surface area contributed by atoms with Gasteiger partial charge in [0, 0.05) is 25.0 Å². The summed E-state index contributed by atoms with van der Waals surface area (Å²) in [6, 6.07) is 4.52. The molecule has 5 rings (SSSR count). The molecular weight excluding hydrogens is 373 g/mol. The lowest BCUT2D eigenvalue weighted by Crippen LogP contribution is -2.48. The van der Waals surface area contributed by atoms with Crippen LogP contribution in [-0.2, 0) is 0 Å². The van der Waals surface area contributed by atoms with Gasteiger partial charge in [0.25, 0.3) is 5.91 Å². The number of nitrogens with zero attached hydrogens (tertiary/aromatic N) is 4. The van der Waals surface area contributed by atoms with Crippen LogP contribution in [0.4, 0.5) is 10.3 Å². The fourth-order valence-electron chi connectivity index (χ4n) is 4.47. The lowest BCUT2D eigenvalue weighted by molar-refractivity contribution is 0.0687. The number of hydrogen-bond acceptors (Lipinski definition) is 6. The Morgan fingerprint density at radius 1 is 1.24 bits per heavy atom. The number of likely N-dealkylation sites (tertiary alicyclic amines) is 1. The second kappa shape index (κ2) is 6.95. The van der Waals surface area contributed by atoms with Gasteiger partial charge in [-0.15, -0.1) is 0 Å². The summed E-state index contributed by atoms with van der Waals surface area (Å²) < 4.78 is 20.0. The molecule has 29 heavy (non-hydrogen) atoms. The van der Waals surface area contributed by atoms with Crippen molar-refractivity contribution in [2.24, 2.45) is 5.92 Å². The molecule has 0 spiro atoms. The van der Waals surface area contributed by atoms with Crippen molar-refractivity contribution in [1.82, 2.24) is 19.9 Å². The number of aromatic nitrogens is 3. The normalized spacial score (nSPS) is 22.8. The SMILES string of the molecule is Cc1cnc(NC2CC3CC2N(C(=O)c2c(F)cccc2-c2ncco2)C3)nc1. The molecule has 148 valence electrons. The minimum absolute atomic E-state index is 0.00726. The minimum atomic E-state index is -0.570. The van der Waals surface area contributed by atoms with Gasteiger partial charge in [-0.2, -0.15) is 0 Å².